The fraction of sp³-hybridized carbons (Fsp3) is 0.333. The molecule has 4 aromatic rings. The minimum absolute atomic E-state index is 0.221. The smallest absolute Gasteiger partial charge is 0.338 e. The number of hydrogen-bond donors (Lipinski definition) is 0. The van der Waals surface area contributed by atoms with Crippen LogP contribution in [0.1, 0.15) is 23.2 Å². The largest absolute Gasteiger partial charge is 0.494 e. The number of aromatic nitrogens is 5. The first-order chi connectivity index (χ1) is 14.5. The lowest BCUT2D eigenvalue weighted by Crippen LogP contribution is -2.06. The lowest BCUT2D eigenvalue weighted by Gasteiger charge is -2.10. The van der Waals surface area contributed by atoms with E-state index in [2.05, 4.69) is 14.5 Å². The molecular formula is C21H20ClN5O3. The summed E-state index contributed by atoms with van der Waals surface area (Å²) in [6.45, 7) is 0.847. The number of imidazole rings is 1. The van der Waals surface area contributed by atoms with Gasteiger partial charge in [0.25, 0.3) is 0 Å². The SMILES string of the molecule is COC(=O)c1cc(OC)c2c(c1)nc(-c1cc3cnc(Cl)nc3n1CC1CC1)n2C. The minimum Gasteiger partial charge on any atom is -0.494 e. The third-order valence-electron chi connectivity index (χ3n) is 5.55. The van der Waals surface area contributed by atoms with Gasteiger partial charge >= 0.3 is 5.97 Å². The van der Waals surface area contributed by atoms with Gasteiger partial charge in [-0.05, 0) is 48.6 Å². The molecule has 0 N–H and O–H groups in total. The Labute approximate surface area is 177 Å². The molecule has 30 heavy (non-hydrogen) atoms. The summed E-state index contributed by atoms with van der Waals surface area (Å²) in [5.41, 5.74) is 3.56. The molecule has 1 aliphatic carbocycles. The zero-order chi connectivity index (χ0) is 21.0. The fourth-order valence-electron chi connectivity index (χ4n) is 3.88. The third kappa shape index (κ3) is 2.99. The van der Waals surface area contributed by atoms with Gasteiger partial charge in [0.05, 0.1) is 31.0 Å². The second-order valence-corrected chi connectivity index (χ2v) is 7.87. The number of carbonyl (C=O) groups excluding carboxylic acids is 1. The van der Waals surface area contributed by atoms with Crippen molar-refractivity contribution in [3.8, 4) is 17.3 Å². The molecule has 1 aromatic carbocycles. The minimum atomic E-state index is -0.435. The number of rotatable bonds is 5. The van der Waals surface area contributed by atoms with Gasteiger partial charge < -0.3 is 18.6 Å². The van der Waals surface area contributed by atoms with E-state index >= 15 is 0 Å². The topological polar surface area (TPSA) is 84.1 Å². The predicted molar refractivity (Wildman–Crippen MR) is 113 cm³/mol. The van der Waals surface area contributed by atoms with E-state index in [1.54, 1.807) is 25.4 Å². The van der Waals surface area contributed by atoms with Crippen LogP contribution in [0.4, 0.5) is 0 Å². The molecule has 0 atom stereocenters. The Morgan fingerprint density at radius 1 is 1.23 bits per heavy atom. The summed E-state index contributed by atoms with van der Waals surface area (Å²) >= 11 is 6.08. The average Bonchev–Trinajstić information content (AvgIpc) is 3.42. The third-order valence-corrected chi connectivity index (χ3v) is 5.73. The number of fused-ring (bicyclic) bond motifs is 2. The van der Waals surface area contributed by atoms with Crippen molar-refractivity contribution in [2.75, 3.05) is 14.2 Å². The quantitative estimate of drug-likeness (QED) is 0.357. The van der Waals surface area contributed by atoms with Crippen LogP contribution in [0.2, 0.25) is 5.28 Å². The summed E-state index contributed by atoms with van der Waals surface area (Å²) in [5.74, 6) is 1.50. The van der Waals surface area contributed by atoms with Gasteiger partial charge in [-0.1, -0.05) is 0 Å². The van der Waals surface area contributed by atoms with Crippen LogP contribution in [-0.4, -0.2) is 44.3 Å². The van der Waals surface area contributed by atoms with Gasteiger partial charge in [0.2, 0.25) is 5.28 Å². The van der Waals surface area contributed by atoms with Crippen LogP contribution < -0.4 is 4.74 Å². The molecule has 0 radical (unpaired) electrons. The van der Waals surface area contributed by atoms with Crippen LogP contribution >= 0.6 is 11.6 Å². The molecule has 5 rings (SSSR count). The molecule has 3 heterocycles. The molecule has 0 unspecified atom stereocenters. The highest BCUT2D eigenvalue weighted by atomic mass is 35.5. The number of aryl methyl sites for hydroxylation is 1. The first-order valence-corrected chi connectivity index (χ1v) is 10.0. The number of carbonyl (C=O) groups is 1. The van der Waals surface area contributed by atoms with Crippen LogP contribution in [0.15, 0.2) is 24.4 Å². The molecular weight excluding hydrogens is 406 g/mol. The summed E-state index contributed by atoms with van der Waals surface area (Å²) in [7, 11) is 4.86. The number of benzene rings is 1. The average molecular weight is 426 g/mol. The van der Waals surface area contributed by atoms with Gasteiger partial charge in [0.1, 0.15) is 16.9 Å². The van der Waals surface area contributed by atoms with Crippen molar-refractivity contribution in [1.82, 2.24) is 24.1 Å². The van der Waals surface area contributed by atoms with E-state index in [0.717, 1.165) is 34.6 Å². The Balaban J connectivity index is 1.76. The van der Waals surface area contributed by atoms with Gasteiger partial charge in [-0.2, -0.15) is 4.98 Å². The summed E-state index contributed by atoms with van der Waals surface area (Å²) in [5, 5.41) is 1.13. The number of methoxy groups -OCH3 is 2. The Morgan fingerprint density at radius 3 is 2.73 bits per heavy atom. The van der Waals surface area contributed by atoms with Crippen molar-refractivity contribution in [2.45, 2.75) is 19.4 Å². The maximum atomic E-state index is 12.1. The molecule has 0 amide bonds. The Bertz CT molecular complexity index is 1310. The highest BCUT2D eigenvalue weighted by Gasteiger charge is 2.27. The molecule has 0 saturated heterocycles. The van der Waals surface area contributed by atoms with E-state index in [1.165, 1.54) is 20.0 Å². The monoisotopic (exact) mass is 425 g/mol. The van der Waals surface area contributed by atoms with Gasteiger partial charge in [-0.15, -0.1) is 0 Å². The predicted octanol–water partition coefficient (Wildman–Crippen LogP) is 3.84. The van der Waals surface area contributed by atoms with E-state index in [-0.39, 0.29) is 5.28 Å². The van der Waals surface area contributed by atoms with E-state index in [0.29, 0.717) is 22.7 Å². The Morgan fingerprint density at radius 2 is 2.03 bits per heavy atom. The van der Waals surface area contributed by atoms with Crippen molar-refractivity contribution in [3.63, 3.8) is 0 Å². The lowest BCUT2D eigenvalue weighted by molar-refractivity contribution is 0.0600. The van der Waals surface area contributed by atoms with Gasteiger partial charge in [-0.25, -0.2) is 14.8 Å². The van der Waals surface area contributed by atoms with Gasteiger partial charge in [0.15, 0.2) is 5.82 Å². The van der Waals surface area contributed by atoms with Gasteiger partial charge in [-0.3, -0.25) is 0 Å². The molecule has 1 aliphatic rings. The van der Waals surface area contributed by atoms with Crippen molar-refractivity contribution in [1.29, 1.82) is 0 Å². The van der Waals surface area contributed by atoms with Crippen molar-refractivity contribution < 1.29 is 14.3 Å². The van der Waals surface area contributed by atoms with Crippen LogP contribution in [0.3, 0.4) is 0 Å². The standard InChI is InChI=1S/C21H20ClN5O3/c1-26-17-14(6-12(20(28)30-3)8-16(17)29-2)24-19(26)15-7-13-9-23-21(22)25-18(13)27(15)10-11-4-5-11/h6-9,11H,4-5,10H2,1-3H3. The number of ether oxygens (including phenoxy) is 2. The molecule has 0 spiro atoms. The number of nitrogens with zero attached hydrogens (tertiary/aromatic N) is 5. The van der Waals surface area contributed by atoms with Crippen molar-refractivity contribution >= 4 is 39.6 Å². The highest BCUT2D eigenvalue weighted by molar-refractivity contribution is 6.28. The molecule has 8 nitrogen and oxygen atoms in total. The normalized spacial score (nSPS) is 13.9. The Hall–Kier alpha value is -3.13. The summed E-state index contributed by atoms with van der Waals surface area (Å²) < 4.78 is 14.6. The first kappa shape index (κ1) is 18.9. The highest BCUT2D eigenvalue weighted by Crippen LogP contribution is 2.37. The number of halogens is 1. The number of esters is 1. The van der Waals surface area contributed by atoms with E-state index in [4.69, 9.17) is 26.1 Å². The zero-order valence-electron chi connectivity index (χ0n) is 16.8. The molecule has 3 aromatic heterocycles. The number of hydrogen-bond acceptors (Lipinski definition) is 6. The summed E-state index contributed by atoms with van der Waals surface area (Å²) in [6.07, 6.45) is 4.14. The molecule has 1 saturated carbocycles. The second kappa shape index (κ2) is 6.98. The van der Waals surface area contributed by atoms with E-state index in [1.807, 2.05) is 17.7 Å². The molecule has 9 heteroatoms. The Kier molecular flexibility index (Phi) is 4.39. The molecule has 1 fully saturated rings. The molecule has 0 aliphatic heterocycles. The van der Waals surface area contributed by atoms with Crippen molar-refractivity contribution in [2.24, 2.45) is 13.0 Å². The maximum Gasteiger partial charge on any atom is 0.338 e. The maximum absolute atomic E-state index is 12.1. The van der Waals surface area contributed by atoms with E-state index in [9.17, 15) is 4.79 Å². The lowest BCUT2D eigenvalue weighted by atomic mass is 10.2. The second-order valence-electron chi connectivity index (χ2n) is 7.53. The molecule has 0 bridgehead atoms. The van der Waals surface area contributed by atoms with Crippen LogP contribution in [-0.2, 0) is 18.3 Å². The van der Waals surface area contributed by atoms with Gasteiger partial charge in [0, 0.05) is 25.2 Å². The summed E-state index contributed by atoms with van der Waals surface area (Å²) in [4.78, 5) is 25.5. The first-order valence-electron chi connectivity index (χ1n) is 9.65. The van der Waals surface area contributed by atoms with Crippen LogP contribution in [0, 0.1) is 5.92 Å². The van der Waals surface area contributed by atoms with Crippen LogP contribution in [0.25, 0.3) is 33.6 Å². The van der Waals surface area contributed by atoms with Crippen LogP contribution in [0.5, 0.6) is 5.75 Å². The fourth-order valence-corrected chi connectivity index (χ4v) is 4.01. The molecule has 154 valence electrons. The van der Waals surface area contributed by atoms with E-state index < -0.39 is 5.97 Å². The summed E-state index contributed by atoms with van der Waals surface area (Å²) in [6, 6.07) is 5.42. The van der Waals surface area contributed by atoms with Crippen molar-refractivity contribution in [3.05, 3.63) is 35.2 Å². The zero-order valence-corrected chi connectivity index (χ0v) is 17.6.